The van der Waals surface area contributed by atoms with Crippen LogP contribution in [-0.2, 0) is 6.54 Å². The second-order valence-electron chi connectivity index (χ2n) is 3.46. The molecule has 0 atom stereocenters. The Kier molecular flexibility index (Phi) is 3.30. The molecule has 88 valence electrons. The number of ether oxygens (including phenoxy) is 1. The first kappa shape index (κ1) is 11.5. The molecule has 0 saturated heterocycles. The van der Waals surface area contributed by atoms with Gasteiger partial charge >= 0.3 is 0 Å². The number of aromatic nitrogens is 2. The molecular weight excluding hydrogens is 221 g/mol. The molecule has 1 aromatic heterocycles. The quantitative estimate of drug-likeness (QED) is 0.877. The molecule has 1 aromatic carbocycles. The van der Waals surface area contributed by atoms with Gasteiger partial charge in [-0.25, -0.2) is 14.4 Å². The summed E-state index contributed by atoms with van der Waals surface area (Å²) in [5.41, 5.74) is 6.80. The van der Waals surface area contributed by atoms with Crippen LogP contribution in [0.25, 0.3) is 11.4 Å². The lowest BCUT2D eigenvalue weighted by atomic mass is 10.1. The van der Waals surface area contributed by atoms with Crippen LogP contribution in [0.2, 0.25) is 0 Å². The van der Waals surface area contributed by atoms with Crippen LogP contribution in [0, 0.1) is 5.82 Å². The van der Waals surface area contributed by atoms with Crippen LogP contribution in [0.15, 0.2) is 30.6 Å². The Balaban J connectivity index is 2.47. The van der Waals surface area contributed by atoms with E-state index in [1.807, 2.05) is 0 Å². The fourth-order valence-electron chi connectivity index (χ4n) is 1.45. The van der Waals surface area contributed by atoms with E-state index in [1.54, 1.807) is 18.5 Å². The van der Waals surface area contributed by atoms with Gasteiger partial charge in [0.1, 0.15) is 11.6 Å². The SMILES string of the molecule is COc1ccc(F)cc1-c1ncc(CN)cn1. The maximum Gasteiger partial charge on any atom is 0.162 e. The summed E-state index contributed by atoms with van der Waals surface area (Å²) in [4.78, 5) is 8.26. The van der Waals surface area contributed by atoms with Crippen molar-refractivity contribution in [2.75, 3.05) is 7.11 Å². The van der Waals surface area contributed by atoms with Gasteiger partial charge in [-0.1, -0.05) is 0 Å². The topological polar surface area (TPSA) is 61.0 Å². The summed E-state index contributed by atoms with van der Waals surface area (Å²) >= 11 is 0. The molecule has 2 N–H and O–H groups in total. The maximum atomic E-state index is 13.2. The van der Waals surface area contributed by atoms with Crippen molar-refractivity contribution in [1.29, 1.82) is 0 Å². The van der Waals surface area contributed by atoms with Crippen LogP contribution >= 0.6 is 0 Å². The van der Waals surface area contributed by atoms with Crippen molar-refractivity contribution in [1.82, 2.24) is 9.97 Å². The first-order chi connectivity index (χ1) is 8.24. The molecule has 0 radical (unpaired) electrons. The van der Waals surface area contributed by atoms with Crippen LogP contribution in [0.1, 0.15) is 5.56 Å². The third kappa shape index (κ3) is 2.39. The highest BCUT2D eigenvalue weighted by molar-refractivity contribution is 5.63. The van der Waals surface area contributed by atoms with Crippen molar-refractivity contribution >= 4 is 0 Å². The minimum Gasteiger partial charge on any atom is -0.496 e. The first-order valence-electron chi connectivity index (χ1n) is 5.09. The highest BCUT2D eigenvalue weighted by Gasteiger charge is 2.09. The van der Waals surface area contributed by atoms with E-state index in [2.05, 4.69) is 9.97 Å². The summed E-state index contributed by atoms with van der Waals surface area (Å²) in [7, 11) is 1.52. The zero-order valence-corrected chi connectivity index (χ0v) is 9.35. The molecule has 0 aliphatic rings. The molecule has 0 aliphatic carbocycles. The van der Waals surface area contributed by atoms with Crippen molar-refractivity contribution < 1.29 is 9.13 Å². The zero-order valence-electron chi connectivity index (χ0n) is 9.35. The monoisotopic (exact) mass is 233 g/mol. The predicted octanol–water partition coefficient (Wildman–Crippen LogP) is 1.75. The van der Waals surface area contributed by atoms with Gasteiger partial charge < -0.3 is 10.5 Å². The van der Waals surface area contributed by atoms with Gasteiger partial charge in [-0.3, -0.25) is 0 Å². The Hall–Kier alpha value is -2.01. The molecule has 1 heterocycles. The Morgan fingerprint density at radius 2 is 2.00 bits per heavy atom. The van der Waals surface area contributed by atoms with Gasteiger partial charge in [-0.15, -0.1) is 0 Å². The van der Waals surface area contributed by atoms with Crippen molar-refractivity contribution in [2.24, 2.45) is 5.73 Å². The number of nitrogens with zero attached hydrogens (tertiary/aromatic N) is 2. The largest absolute Gasteiger partial charge is 0.496 e. The Bertz CT molecular complexity index is 514. The Labute approximate surface area is 98.3 Å². The van der Waals surface area contributed by atoms with E-state index in [0.29, 0.717) is 23.7 Å². The summed E-state index contributed by atoms with van der Waals surface area (Å²) in [5.74, 6) is 0.595. The van der Waals surface area contributed by atoms with Gasteiger partial charge in [-0.2, -0.15) is 0 Å². The standard InChI is InChI=1S/C12H12FN3O/c1-17-11-3-2-9(13)4-10(11)12-15-6-8(5-14)7-16-12/h2-4,6-7H,5,14H2,1H3. The number of halogens is 1. The van der Waals surface area contributed by atoms with Gasteiger partial charge in [0.05, 0.1) is 12.7 Å². The number of nitrogens with two attached hydrogens (primary N) is 1. The lowest BCUT2D eigenvalue weighted by molar-refractivity contribution is 0.415. The van der Waals surface area contributed by atoms with Gasteiger partial charge in [0.25, 0.3) is 0 Å². The van der Waals surface area contributed by atoms with Crippen LogP contribution in [0.4, 0.5) is 4.39 Å². The van der Waals surface area contributed by atoms with Gasteiger partial charge in [-0.05, 0) is 18.2 Å². The fraction of sp³-hybridized carbons (Fsp3) is 0.167. The Morgan fingerprint density at radius 1 is 1.29 bits per heavy atom. The number of rotatable bonds is 3. The van der Waals surface area contributed by atoms with Crippen molar-refractivity contribution in [3.05, 3.63) is 42.0 Å². The van der Waals surface area contributed by atoms with Crippen molar-refractivity contribution in [3.8, 4) is 17.1 Å². The summed E-state index contributed by atoms with van der Waals surface area (Å²) < 4.78 is 18.3. The molecule has 2 aromatic rings. The van der Waals surface area contributed by atoms with E-state index in [0.717, 1.165) is 5.56 Å². The summed E-state index contributed by atoms with van der Waals surface area (Å²) in [6.07, 6.45) is 3.24. The number of methoxy groups -OCH3 is 1. The van der Waals surface area contributed by atoms with Crippen LogP contribution in [0.3, 0.4) is 0 Å². The molecule has 4 nitrogen and oxygen atoms in total. The molecular formula is C12H12FN3O. The normalized spacial score (nSPS) is 10.3. The minimum atomic E-state index is -0.354. The van der Waals surface area contributed by atoms with E-state index < -0.39 is 0 Å². The zero-order chi connectivity index (χ0) is 12.3. The Morgan fingerprint density at radius 3 is 2.59 bits per heavy atom. The third-order valence-electron chi connectivity index (χ3n) is 2.34. The fourth-order valence-corrected chi connectivity index (χ4v) is 1.45. The van der Waals surface area contributed by atoms with Crippen molar-refractivity contribution in [2.45, 2.75) is 6.54 Å². The van der Waals surface area contributed by atoms with Gasteiger partial charge in [0.15, 0.2) is 5.82 Å². The van der Waals surface area contributed by atoms with E-state index in [4.69, 9.17) is 10.5 Å². The summed E-state index contributed by atoms with van der Waals surface area (Å²) in [6.45, 7) is 0.376. The molecule has 0 bridgehead atoms. The third-order valence-corrected chi connectivity index (χ3v) is 2.34. The average molecular weight is 233 g/mol. The van der Waals surface area contributed by atoms with Crippen LogP contribution in [-0.4, -0.2) is 17.1 Å². The van der Waals surface area contributed by atoms with E-state index in [9.17, 15) is 4.39 Å². The predicted molar refractivity (Wildman–Crippen MR) is 61.9 cm³/mol. The minimum absolute atomic E-state index is 0.354. The highest BCUT2D eigenvalue weighted by Crippen LogP contribution is 2.27. The van der Waals surface area contributed by atoms with E-state index >= 15 is 0 Å². The summed E-state index contributed by atoms with van der Waals surface area (Å²) in [5, 5.41) is 0. The second-order valence-corrected chi connectivity index (χ2v) is 3.46. The van der Waals surface area contributed by atoms with Crippen LogP contribution < -0.4 is 10.5 Å². The van der Waals surface area contributed by atoms with E-state index in [-0.39, 0.29) is 5.82 Å². The number of hydrogen-bond donors (Lipinski definition) is 1. The van der Waals surface area contributed by atoms with Crippen molar-refractivity contribution in [3.63, 3.8) is 0 Å². The number of hydrogen-bond acceptors (Lipinski definition) is 4. The summed E-state index contributed by atoms with van der Waals surface area (Å²) in [6, 6.07) is 4.22. The lowest BCUT2D eigenvalue weighted by Gasteiger charge is -2.07. The van der Waals surface area contributed by atoms with Gasteiger partial charge in [0.2, 0.25) is 0 Å². The molecule has 5 heteroatoms. The smallest absolute Gasteiger partial charge is 0.162 e. The molecule has 2 rings (SSSR count). The molecule has 0 spiro atoms. The highest BCUT2D eigenvalue weighted by atomic mass is 19.1. The van der Waals surface area contributed by atoms with Crippen LogP contribution in [0.5, 0.6) is 5.75 Å². The number of benzene rings is 1. The molecule has 0 unspecified atom stereocenters. The molecule has 0 aliphatic heterocycles. The maximum absolute atomic E-state index is 13.2. The molecule has 17 heavy (non-hydrogen) atoms. The first-order valence-corrected chi connectivity index (χ1v) is 5.09. The molecule has 0 saturated carbocycles. The average Bonchev–Trinajstić information content (AvgIpc) is 2.39. The molecule has 0 amide bonds. The second kappa shape index (κ2) is 4.88. The molecule has 0 fully saturated rings. The van der Waals surface area contributed by atoms with Gasteiger partial charge in [0, 0.05) is 24.5 Å². The van der Waals surface area contributed by atoms with E-state index in [1.165, 1.54) is 19.2 Å². The lowest BCUT2D eigenvalue weighted by Crippen LogP contribution is -2.00.